The highest BCUT2D eigenvalue weighted by Gasteiger charge is 2.22. The number of benzene rings is 1. The number of primary amides is 1. The van der Waals surface area contributed by atoms with E-state index in [0.29, 0.717) is 16.6 Å². The van der Waals surface area contributed by atoms with Crippen LogP contribution < -0.4 is 5.73 Å². The van der Waals surface area contributed by atoms with E-state index in [0.717, 1.165) is 0 Å². The van der Waals surface area contributed by atoms with E-state index in [1.165, 1.54) is 23.1 Å². The van der Waals surface area contributed by atoms with Crippen LogP contribution >= 0.6 is 0 Å². The number of nitrogens with two attached hydrogens (primary N) is 1. The van der Waals surface area contributed by atoms with Gasteiger partial charge in [-0.15, -0.1) is 0 Å². The second kappa shape index (κ2) is 4.67. The second-order valence-corrected chi connectivity index (χ2v) is 4.28. The molecule has 0 spiro atoms. The molecule has 3 rings (SSSR count). The molecular weight excluding hydrogens is 274 g/mol. The maximum absolute atomic E-state index is 11.6. The third-order valence-corrected chi connectivity index (χ3v) is 3.08. The Morgan fingerprint density at radius 1 is 1.24 bits per heavy atom. The standard InChI is InChI=1S/C13H9N5O3/c14-13(19)9-7-16-17-11(5-6-15-17)12(9)8-3-1-2-4-10(8)18(20)21/h1-7H,(H2,14,19). The van der Waals surface area contributed by atoms with Crippen molar-refractivity contribution >= 4 is 17.1 Å². The minimum Gasteiger partial charge on any atom is -0.366 e. The molecule has 0 unspecified atom stereocenters. The predicted molar refractivity (Wildman–Crippen MR) is 73.6 cm³/mol. The van der Waals surface area contributed by atoms with Crippen molar-refractivity contribution in [3.63, 3.8) is 0 Å². The zero-order valence-corrected chi connectivity index (χ0v) is 10.6. The molecule has 0 radical (unpaired) electrons. The number of carbonyl (C=O) groups excluding carboxylic acids is 1. The number of nitro groups is 1. The van der Waals surface area contributed by atoms with Crippen molar-refractivity contribution in [3.8, 4) is 11.1 Å². The van der Waals surface area contributed by atoms with E-state index in [1.54, 1.807) is 24.3 Å². The van der Waals surface area contributed by atoms with Gasteiger partial charge in [0.05, 0.1) is 34.0 Å². The molecule has 0 bridgehead atoms. The zero-order valence-electron chi connectivity index (χ0n) is 10.6. The molecule has 8 nitrogen and oxygen atoms in total. The lowest BCUT2D eigenvalue weighted by molar-refractivity contribution is -0.384. The minimum absolute atomic E-state index is 0.109. The lowest BCUT2D eigenvalue weighted by Gasteiger charge is -2.08. The summed E-state index contributed by atoms with van der Waals surface area (Å²) in [6.07, 6.45) is 2.75. The van der Waals surface area contributed by atoms with E-state index >= 15 is 0 Å². The summed E-state index contributed by atoms with van der Waals surface area (Å²) in [5.41, 5.74) is 6.47. The molecule has 1 aromatic carbocycles. The molecule has 0 saturated heterocycles. The Hall–Kier alpha value is -3.29. The van der Waals surface area contributed by atoms with Gasteiger partial charge < -0.3 is 5.73 Å². The van der Waals surface area contributed by atoms with Crippen LogP contribution in [0.5, 0.6) is 0 Å². The monoisotopic (exact) mass is 283 g/mol. The molecule has 0 fully saturated rings. The summed E-state index contributed by atoms with van der Waals surface area (Å²) in [4.78, 5) is 22.3. The SMILES string of the molecule is NC(=O)c1cnn2nccc2c1-c1ccccc1[N+](=O)[O-]. The van der Waals surface area contributed by atoms with Crippen molar-refractivity contribution in [1.29, 1.82) is 0 Å². The average Bonchev–Trinajstić information content (AvgIpc) is 2.94. The molecule has 3 aromatic rings. The van der Waals surface area contributed by atoms with Crippen LogP contribution in [0.3, 0.4) is 0 Å². The molecule has 0 aliphatic rings. The Labute approximate surface area is 118 Å². The van der Waals surface area contributed by atoms with E-state index in [9.17, 15) is 14.9 Å². The molecular formula is C13H9N5O3. The highest BCUT2D eigenvalue weighted by atomic mass is 16.6. The molecule has 0 atom stereocenters. The minimum atomic E-state index is -0.709. The number of para-hydroxylation sites is 1. The Bertz CT molecular complexity index is 871. The van der Waals surface area contributed by atoms with Crippen LogP contribution in [0.1, 0.15) is 10.4 Å². The van der Waals surface area contributed by atoms with Crippen molar-refractivity contribution in [2.75, 3.05) is 0 Å². The lowest BCUT2D eigenvalue weighted by Crippen LogP contribution is -2.14. The molecule has 2 heterocycles. The smallest absolute Gasteiger partial charge is 0.277 e. The number of aromatic nitrogens is 3. The number of nitrogens with zero attached hydrogens (tertiary/aromatic N) is 4. The normalized spacial score (nSPS) is 10.7. The molecule has 0 aliphatic carbocycles. The number of amides is 1. The summed E-state index contributed by atoms with van der Waals surface area (Å²) in [5, 5.41) is 19.1. The van der Waals surface area contributed by atoms with Crippen LogP contribution in [0, 0.1) is 10.1 Å². The lowest BCUT2D eigenvalue weighted by atomic mass is 9.99. The largest absolute Gasteiger partial charge is 0.366 e. The van der Waals surface area contributed by atoms with Crippen LogP contribution in [0.2, 0.25) is 0 Å². The van der Waals surface area contributed by atoms with Gasteiger partial charge in [0.25, 0.3) is 11.6 Å². The fourth-order valence-corrected chi connectivity index (χ4v) is 2.20. The van der Waals surface area contributed by atoms with Crippen LogP contribution in [-0.4, -0.2) is 25.7 Å². The Morgan fingerprint density at radius 2 is 2.00 bits per heavy atom. The highest BCUT2D eigenvalue weighted by Crippen LogP contribution is 2.34. The van der Waals surface area contributed by atoms with E-state index in [4.69, 9.17) is 5.73 Å². The highest BCUT2D eigenvalue weighted by molar-refractivity contribution is 6.04. The first-order valence-electron chi connectivity index (χ1n) is 5.96. The Balaban J connectivity index is 2.44. The molecule has 0 saturated carbocycles. The van der Waals surface area contributed by atoms with Crippen LogP contribution in [0.4, 0.5) is 5.69 Å². The maximum atomic E-state index is 11.6. The number of rotatable bonds is 3. The fourth-order valence-electron chi connectivity index (χ4n) is 2.20. The quantitative estimate of drug-likeness (QED) is 0.576. The first-order chi connectivity index (χ1) is 10.1. The molecule has 104 valence electrons. The van der Waals surface area contributed by atoms with Crippen molar-refractivity contribution in [3.05, 3.63) is 58.4 Å². The molecule has 2 N–H and O–H groups in total. The van der Waals surface area contributed by atoms with E-state index in [-0.39, 0.29) is 11.3 Å². The molecule has 0 aliphatic heterocycles. The number of hydrogen-bond donors (Lipinski definition) is 1. The van der Waals surface area contributed by atoms with E-state index < -0.39 is 10.8 Å². The van der Waals surface area contributed by atoms with Gasteiger partial charge in [-0.25, -0.2) is 0 Å². The predicted octanol–water partition coefficient (Wildman–Crippen LogP) is 1.40. The van der Waals surface area contributed by atoms with Gasteiger partial charge in [-0.2, -0.15) is 14.8 Å². The van der Waals surface area contributed by atoms with Crippen molar-refractivity contribution in [2.45, 2.75) is 0 Å². The van der Waals surface area contributed by atoms with Crippen molar-refractivity contribution in [1.82, 2.24) is 14.8 Å². The molecule has 1 amide bonds. The summed E-state index contributed by atoms with van der Waals surface area (Å²) >= 11 is 0. The van der Waals surface area contributed by atoms with Gasteiger partial charge in [0.1, 0.15) is 0 Å². The number of nitro benzene ring substituents is 1. The van der Waals surface area contributed by atoms with Gasteiger partial charge >= 0.3 is 0 Å². The molecule has 8 heteroatoms. The van der Waals surface area contributed by atoms with Gasteiger partial charge in [-0.05, 0) is 12.1 Å². The van der Waals surface area contributed by atoms with Crippen molar-refractivity contribution < 1.29 is 9.72 Å². The van der Waals surface area contributed by atoms with Gasteiger partial charge in [0.2, 0.25) is 0 Å². The van der Waals surface area contributed by atoms with Gasteiger partial charge in [0, 0.05) is 11.6 Å². The molecule has 2 aromatic heterocycles. The van der Waals surface area contributed by atoms with E-state index in [1.807, 2.05) is 0 Å². The second-order valence-electron chi connectivity index (χ2n) is 4.28. The van der Waals surface area contributed by atoms with Crippen molar-refractivity contribution in [2.24, 2.45) is 5.73 Å². The summed E-state index contributed by atoms with van der Waals surface area (Å²) < 4.78 is 1.29. The third kappa shape index (κ3) is 1.98. The molecule has 21 heavy (non-hydrogen) atoms. The first-order valence-corrected chi connectivity index (χ1v) is 5.96. The maximum Gasteiger partial charge on any atom is 0.277 e. The summed E-state index contributed by atoms with van der Waals surface area (Å²) in [5.74, 6) is -0.709. The van der Waals surface area contributed by atoms with Crippen LogP contribution in [-0.2, 0) is 0 Å². The summed E-state index contributed by atoms with van der Waals surface area (Å²) in [6, 6.07) is 7.76. The average molecular weight is 283 g/mol. The topological polar surface area (TPSA) is 116 Å². The number of fused-ring (bicyclic) bond motifs is 1. The zero-order chi connectivity index (χ0) is 15.0. The van der Waals surface area contributed by atoms with Crippen LogP contribution in [0.15, 0.2) is 42.7 Å². The fraction of sp³-hybridized carbons (Fsp3) is 0. The van der Waals surface area contributed by atoms with Gasteiger partial charge in [0.15, 0.2) is 0 Å². The first kappa shape index (κ1) is 12.7. The summed E-state index contributed by atoms with van der Waals surface area (Å²) in [6.45, 7) is 0. The third-order valence-electron chi connectivity index (χ3n) is 3.08. The van der Waals surface area contributed by atoms with E-state index in [2.05, 4.69) is 10.2 Å². The van der Waals surface area contributed by atoms with Gasteiger partial charge in [-0.1, -0.05) is 12.1 Å². The summed E-state index contributed by atoms with van der Waals surface area (Å²) in [7, 11) is 0. The number of carbonyl (C=O) groups is 1. The van der Waals surface area contributed by atoms with Gasteiger partial charge in [-0.3, -0.25) is 14.9 Å². The number of hydrogen-bond acceptors (Lipinski definition) is 5. The van der Waals surface area contributed by atoms with Crippen LogP contribution in [0.25, 0.3) is 16.6 Å². The Kier molecular flexibility index (Phi) is 2.83. The Morgan fingerprint density at radius 3 is 2.71 bits per heavy atom.